The predicted octanol–water partition coefficient (Wildman–Crippen LogP) is 9.30. The fourth-order valence-electron chi connectivity index (χ4n) is 4.96. The van der Waals surface area contributed by atoms with E-state index in [1.807, 2.05) is 12.1 Å². The maximum Gasteiger partial charge on any atom is 0.135 e. The maximum absolute atomic E-state index is 5.98. The zero-order valence-electron chi connectivity index (χ0n) is 18.5. The van der Waals surface area contributed by atoms with Gasteiger partial charge < -0.3 is 9.73 Å². The fourth-order valence-corrected chi connectivity index (χ4v) is 4.96. The average molecular weight is 436 g/mol. The smallest absolute Gasteiger partial charge is 0.135 e. The van der Waals surface area contributed by atoms with E-state index >= 15 is 0 Å². The highest BCUT2D eigenvalue weighted by atomic mass is 16.3. The number of hydrogen-bond acceptors (Lipinski definition) is 2. The van der Waals surface area contributed by atoms with E-state index in [2.05, 4.69) is 115 Å². The number of fused-ring (bicyclic) bond motifs is 6. The molecule has 0 aliphatic rings. The molecule has 0 radical (unpaired) electrons. The Hall–Kier alpha value is -4.56. The van der Waals surface area contributed by atoms with Crippen molar-refractivity contribution in [3.05, 3.63) is 121 Å². The lowest BCUT2D eigenvalue weighted by Crippen LogP contribution is -1.92. The van der Waals surface area contributed by atoms with Crippen molar-refractivity contribution in [1.29, 1.82) is 0 Å². The van der Waals surface area contributed by atoms with Gasteiger partial charge in [0.25, 0.3) is 0 Å². The lowest BCUT2D eigenvalue weighted by Gasteiger charge is -2.13. The summed E-state index contributed by atoms with van der Waals surface area (Å²) >= 11 is 0. The zero-order valence-corrected chi connectivity index (χ0v) is 18.5. The van der Waals surface area contributed by atoms with Crippen molar-refractivity contribution in [3.63, 3.8) is 0 Å². The molecule has 7 rings (SSSR count). The van der Waals surface area contributed by atoms with Crippen molar-refractivity contribution in [2.45, 2.75) is 0 Å². The number of benzene rings is 6. The van der Waals surface area contributed by atoms with Gasteiger partial charge in [-0.25, -0.2) is 0 Å². The molecule has 0 fully saturated rings. The molecule has 0 atom stereocenters. The van der Waals surface area contributed by atoms with Crippen LogP contribution < -0.4 is 5.32 Å². The minimum absolute atomic E-state index is 0.923. The third kappa shape index (κ3) is 3.04. The van der Waals surface area contributed by atoms with Crippen molar-refractivity contribution in [2.75, 3.05) is 5.32 Å². The van der Waals surface area contributed by atoms with Gasteiger partial charge in [-0.1, -0.05) is 84.9 Å². The average Bonchev–Trinajstić information content (AvgIpc) is 3.27. The van der Waals surface area contributed by atoms with Gasteiger partial charge in [0.1, 0.15) is 11.2 Å². The van der Waals surface area contributed by atoms with Gasteiger partial charge in [0, 0.05) is 27.5 Å². The summed E-state index contributed by atoms with van der Waals surface area (Å²) in [5, 5.41) is 11.0. The molecule has 0 saturated heterocycles. The number of furan rings is 1. The van der Waals surface area contributed by atoms with Crippen LogP contribution in [0, 0.1) is 0 Å². The number of rotatable bonds is 3. The molecule has 160 valence electrons. The second kappa shape index (κ2) is 7.50. The molecular weight excluding hydrogens is 414 g/mol. The first-order valence-electron chi connectivity index (χ1n) is 11.5. The Kier molecular flexibility index (Phi) is 4.18. The van der Waals surface area contributed by atoms with Crippen molar-refractivity contribution >= 4 is 54.9 Å². The van der Waals surface area contributed by atoms with Crippen LogP contribution in [0.2, 0.25) is 0 Å². The third-order valence-electron chi connectivity index (χ3n) is 6.64. The SMILES string of the molecule is c1ccc2c(c1)cc(Nc1ccc(-c3ccc4oc5ccccc5c4c3)cc1)c1ccccc12. The number of nitrogens with one attached hydrogen (secondary N) is 1. The van der Waals surface area contributed by atoms with Crippen LogP contribution in [0.5, 0.6) is 0 Å². The van der Waals surface area contributed by atoms with Gasteiger partial charge in [0.2, 0.25) is 0 Å². The second-order valence-corrected chi connectivity index (χ2v) is 8.70. The maximum atomic E-state index is 5.98. The standard InChI is InChI=1S/C32H21NO/c1-2-8-25-23(7-1)20-30(27-10-4-3-9-26(25)27)33-24-16-13-21(14-17-24)22-15-18-32-29(19-22)28-11-5-6-12-31(28)34-32/h1-20,33H. The van der Waals surface area contributed by atoms with Gasteiger partial charge in [-0.05, 0) is 63.7 Å². The van der Waals surface area contributed by atoms with E-state index < -0.39 is 0 Å². The Morgan fingerprint density at radius 3 is 1.94 bits per heavy atom. The minimum atomic E-state index is 0.923. The van der Waals surface area contributed by atoms with Crippen LogP contribution in [0.4, 0.5) is 11.4 Å². The first-order valence-corrected chi connectivity index (χ1v) is 11.5. The van der Waals surface area contributed by atoms with Gasteiger partial charge in [0.05, 0.1) is 0 Å². The minimum Gasteiger partial charge on any atom is -0.456 e. The second-order valence-electron chi connectivity index (χ2n) is 8.70. The van der Waals surface area contributed by atoms with Crippen LogP contribution in [-0.4, -0.2) is 0 Å². The predicted molar refractivity (Wildman–Crippen MR) is 144 cm³/mol. The highest BCUT2D eigenvalue weighted by Crippen LogP contribution is 2.35. The Labute approximate surface area is 197 Å². The summed E-state index contributed by atoms with van der Waals surface area (Å²) in [4.78, 5) is 0. The number of para-hydroxylation sites is 1. The molecular formula is C32H21NO. The molecule has 2 nitrogen and oxygen atoms in total. The quantitative estimate of drug-likeness (QED) is 0.280. The molecule has 0 amide bonds. The van der Waals surface area contributed by atoms with Gasteiger partial charge in [-0.3, -0.25) is 0 Å². The molecule has 1 heterocycles. The zero-order chi connectivity index (χ0) is 22.5. The van der Waals surface area contributed by atoms with E-state index in [0.717, 1.165) is 33.3 Å². The van der Waals surface area contributed by atoms with Crippen LogP contribution in [0.15, 0.2) is 126 Å². The largest absolute Gasteiger partial charge is 0.456 e. The van der Waals surface area contributed by atoms with Crippen molar-refractivity contribution in [3.8, 4) is 11.1 Å². The van der Waals surface area contributed by atoms with Crippen LogP contribution >= 0.6 is 0 Å². The van der Waals surface area contributed by atoms with E-state index in [1.54, 1.807) is 0 Å². The Bertz CT molecular complexity index is 1830. The van der Waals surface area contributed by atoms with Crippen molar-refractivity contribution in [2.24, 2.45) is 0 Å². The summed E-state index contributed by atoms with van der Waals surface area (Å²) in [7, 11) is 0. The van der Waals surface area contributed by atoms with E-state index in [9.17, 15) is 0 Å². The van der Waals surface area contributed by atoms with Crippen molar-refractivity contribution < 1.29 is 4.42 Å². The van der Waals surface area contributed by atoms with Crippen LogP contribution in [0.25, 0.3) is 54.6 Å². The molecule has 2 heteroatoms. The lowest BCUT2D eigenvalue weighted by molar-refractivity contribution is 0.669. The summed E-state index contributed by atoms with van der Waals surface area (Å²) < 4.78 is 5.98. The fraction of sp³-hybridized carbons (Fsp3) is 0. The molecule has 0 unspecified atom stereocenters. The van der Waals surface area contributed by atoms with E-state index in [1.165, 1.54) is 32.7 Å². The summed E-state index contributed by atoms with van der Waals surface area (Å²) in [5.41, 5.74) is 6.40. The monoisotopic (exact) mass is 435 g/mol. The molecule has 0 aliphatic heterocycles. The Morgan fingerprint density at radius 1 is 0.441 bits per heavy atom. The van der Waals surface area contributed by atoms with Crippen LogP contribution in [0.3, 0.4) is 0 Å². The highest BCUT2D eigenvalue weighted by molar-refractivity contribution is 6.13. The Morgan fingerprint density at radius 2 is 1.09 bits per heavy atom. The summed E-state index contributed by atoms with van der Waals surface area (Å²) in [6.07, 6.45) is 0. The topological polar surface area (TPSA) is 25.2 Å². The third-order valence-corrected chi connectivity index (χ3v) is 6.64. The van der Waals surface area contributed by atoms with E-state index in [0.29, 0.717) is 0 Å². The molecule has 34 heavy (non-hydrogen) atoms. The molecule has 1 N–H and O–H groups in total. The molecule has 0 saturated carbocycles. The Balaban J connectivity index is 1.26. The van der Waals surface area contributed by atoms with E-state index in [4.69, 9.17) is 4.42 Å². The van der Waals surface area contributed by atoms with Crippen LogP contribution in [0.1, 0.15) is 0 Å². The molecule has 0 bridgehead atoms. The molecule has 0 aliphatic carbocycles. The van der Waals surface area contributed by atoms with Gasteiger partial charge >= 0.3 is 0 Å². The molecule has 0 spiro atoms. The van der Waals surface area contributed by atoms with Crippen LogP contribution in [-0.2, 0) is 0 Å². The van der Waals surface area contributed by atoms with Gasteiger partial charge in [0.15, 0.2) is 0 Å². The molecule has 1 aromatic heterocycles. The molecule has 7 aromatic rings. The first-order chi connectivity index (χ1) is 16.8. The number of anilines is 2. The summed E-state index contributed by atoms with van der Waals surface area (Å²) in [5.74, 6) is 0. The lowest BCUT2D eigenvalue weighted by atomic mass is 10.00. The molecule has 6 aromatic carbocycles. The summed E-state index contributed by atoms with van der Waals surface area (Å²) in [6, 6.07) is 42.7. The van der Waals surface area contributed by atoms with Gasteiger partial charge in [-0.2, -0.15) is 0 Å². The normalized spacial score (nSPS) is 11.5. The van der Waals surface area contributed by atoms with Gasteiger partial charge in [-0.15, -0.1) is 0 Å². The van der Waals surface area contributed by atoms with E-state index in [-0.39, 0.29) is 0 Å². The summed E-state index contributed by atoms with van der Waals surface area (Å²) in [6.45, 7) is 0. The van der Waals surface area contributed by atoms with Crippen molar-refractivity contribution in [1.82, 2.24) is 0 Å². The first kappa shape index (κ1) is 19.0. The number of hydrogen-bond donors (Lipinski definition) is 1. The highest BCUT2D eigenvalue weighted by Gasteiger charge is 2.09.